The van der Waals surface area contributed by atoms with Crippen molar-refractivity contribution < 1.29 is 8.81 Å². The zero-order valence-electron chi connectivity index (χ0n) is 17.8. The first-order valence-corrected chi connectivity index (χ1v) is 10.8. The summed E-state index contributed by atoms with van der Waals surface area (Å²) in [6, 6.07) is 12.5. The minimum Gasteiger partial charge on any atom is -0.468 e. The van der Waals surface area contributed by atoms with E-state index >= 15 is 0 Å². The fourth-order valence-electron chi connectivity index (χ4n) is 3.90. The summed E-state index contributed by atoms with van der Waals surface area (Å²) in [7, 11) is 1.77. The van der Waals surface area contributed by atoms with Crippen molar-refractivity contribution in [2.24, 2.45) is 4.99 Å². The third kappa shape index (κ3) is 5.52. The number of nitrogens with one attached hydrogen (secondary N) is 2. The lowest BCUT2D eigenvalue weighted by atomic mass is 10.2. The maximum atomic E-state index is 13.1. The van der Waals surface area contributed by atoms with E-state index in [4.69, 9.17) is 4.42 Å². The molecule has 0 radical (unpaired) electrons. The standard InChI is InChI=1S/C23H29FN6O/c1-25-23(27-17-21(22-5-4-16-31-22)29-13-2-3-14-29)26-12-10-19-11-15-30(28-19)20-8-6-18(24)7-9-20/h4-9,11,15-16,21H,2-3,10,12-14,17H2,1H3,(H2,25,26,27). The third-order valence-corrected chi connectivity index (χ3v) is 5.55. The van der Waals surface area contributed by atoms with Gasteiger partial charge in [-0.15, -0.1) is 0 Å². The molecule has 4 rings (SSSR count). The van der Waals surface area contributed by atoms with Gasteiger partial charge in [0.1, 0.15) is 11.6 Å². The summed E-state index contributed by atoms with van der Waals surface area (Å²) in [6.45, 7) is 3.62. The van der Waals surface area contributed by atoms with Crippen LogP contribution < -0.4 is 10.6 Å². The van der Waals surface area contributed by atoms with Crippen LogP contribution in [-0.2, 0) is 6.42 Å². The normalized spacial score (nSPS) is 15.9. The van der Waals surface area contributed by atoms with Crippen LogP contribution in [0, 0.1) is 5.82 Å². The lowest BCUT2D eigenvalue weighted by Gasteiger charge is -2.26. The highest BCUT2D eigenvalue weighted by Gasteiger charge is 2.25. The van der Waals surface area contributed by atoms with Gasteiger partial charge in [-0.3, -0.25) is 9.89 Å². The average Bonchev–Trinajstić information content (AvgIpc) is 3.56. The fourth-order valence-corrected chi connectivity index (χ4v) is 3.90. The van der Waals surface area contributed by atoms with E-state index in [1.807, 2.05) is 24.4 Å². The van der Waals surface area contributed by atoms with Crippen molar-refractivity contribution in [2.45, 2.75) is 25.3 Å². The van der Waals surface area contributed by atoms with Crippen molar-refractivity contribution in [3.63, 3.8) is 0 Å². The second-order valence-corrected chi connectivity index (χ2v) is 7.63. The number of benzene rings is 1. The molecule has 0 amide bonds. The molecular weight excluding hydrogens is 395 g/mol. The Bertz CT molecular complexity index is 960. The first kappa shape index (κ1) is 21.1. The molecule has 164 valence electrons. The summed E-state index contributed by atoms with van der Waals surface area (Å²) in [6.07, 6.45) is 6.84. The maximum absolute atomic E-state index is 13.1. The summed E-state index contributed by atoms with van der Waals surface area (Å²) in [5, 5.41) is 11.4. The molecular formula is C23H29FN6O. The van der Waals surface area contributed by atoms with Crippen molar-refractivity contribution in [1.29, 1.82) is 0 Å². The minimum absolute atomic E-state index is 0.197. The Morgan fingerprint density at radius 3 is 2.68 bits per heavy atom. The van der Waals surface area contributed by atoms with Crippen molar-refractivity contribution in [2.75, 3.05) is 33.2 Å². The predicted octanol–water partition coefficient (Wildman–Crippen LogP) is 3.15. The van der Waals surface area contributed by atoms with Gasteiger partial charge < -0.3 is 15.1 Å². The lowest BCUT2D eigenvalue weighted by molar-refractivity contribution is 0.215. The van der Waals surface area contributed by atoms with Gasteiger partial charge in [-0.2, -0.15) is 5.10 Å². The molecule has 1 unspecified atom stereocenters. The zero-order valence-corrected chi connectivity index (χ0v) is 17.8. The molecule has 1 aliphatic heterocycles. The quantitative estimate of drug-likeness (QED) is 0.429. The molecule has 8 heteroatoms. The van der Waals surface area contributed by atoms with Gasteiger partial charge in [0, 0.05) is 32.8 Å². The average molecular weight is 425 g/mol. The van der Waals surface area contributed by atoms with Crippen LogP contribution in [0.1, 0.15) is 30.3 Å². The van der Waals surface area contributed by atoms with Crippen molar-refractivity contribution in [3.8, 4) is 5.69 Å². The third-order valence-electron chi connectivity index (χ3n) is 5.55. The van der Waals surface area contributed by atoms with Crippen LogP contribution in [0.15, 0.2) is 64.3 Å². The van der Waals surface area contributed by atoms with Crippen molar-refractivity contribution in [1.82, 2.24) is 25.3 Å². The fraction of sp³-hybridized carbons (Fsp3) is 0.391. The van der Waals surface area contributed by atoms with Crippen LogP contribution in [-0.4, -0.2) is 53.9 Å². The van der Waals surface area contributed by atoms with E-state index in [0.717, 1.165) is 49.2 Å². The van der Waals surface area contributed by atoms with Gasteiger partial charge >= 0.3 is 0 Å². The highest BCUT2D eigenvalue weighted by molar-refractivity contribution is 5.79. The molecule has 31 heavy (non-hydrogen) atoms. The van der Waals surface area contributed by atoms with Crippen LogP contribution in [0.5, 0.6) is 0 Å². The van der Waals surface area contributed by atoms with Gasteiger partial charge in [-0.25, -0.2) is 9.07 Å². The molecule has 3 heterocycles. The number of aliphatic imine (C=N–C) groups is 1. The zero-order chi connectivity index (χ0) is 21.5. The summed E-state index contributed by atoms with van der Waals surface area (Å²) >= 11 is 0. The number of furan rings is 1. The number of guanidine groups is 1. The van der Waals surface area contributed by atoms with E-state index in [2.05, 4.69) is 25.6 Å². The Kier molecular flexibility index (Phi) is 6.99. The van der Waals surface area contributed by atoms with Crippen LogP contribution >= 0.6 is 0 Å². The number of halogens is 1. The van der Waals surface area contributed by atoms with Gasteiger partial charge in [0.2, 0.25) is 0 Å². The maximum Gasteiger partial charge on any atom is 0.191 e. The van der Waals surface area contributed by atoms with Gasteiger partial charge in [0.05, 0.1) is 23.7 Å². The van der Waals surface area contributed by atoms with E-state index in [0.29, 0.717) is 6.54 Å². The van der Waals surface area contributed by atoms with E-state index in [1.165, 1.54) is 25.0 Å². The largest absolute Gasteiger partial charge is 0.468 e. The first-order chi connectivity index (χ1) is 15.2. The molecule has 2 aromatic heterocycles. The SMILES string of the molecule is CN=C(NCCc1ccn(-c2ccc(F)cc2)n1)NCC(c1ccco1)N1CCCC1. The molecule has 0 spiro atoms. The van der Waals surface area contributed by atoms with Gasteiger partial charge in [-0.05, 0) is 68.4 Å². The second-order valence-electron chi connectivity index (χ2n) is 7.63. The summed E-state index contributed by atoms with van der Waals surface area (Å²) in [5.41, 5.74) is 1.79. The molecule has 2 N–H and O–H groups in total. The first-order valence-electron chi connectivity index (χ1n) is 10.8. The number of aromatic nitrogens is 2. The van der Waals surface area contributed by atoms with E-state index in [-0.39, 0.29) is 11.9 Å². The van der Waals surface area contributed by atoms with E-state index in [9.17, 15) is 4.39 Å². The molecule has 7 nitrogen and oxygen atoms in total. The Morgan fingerprint density at radius 2 is 1.97 bits per heavy atom. The second kappa shape index (κ2) is 10.3. The van der Waals surface area contributed by atoms with E-state index < -0.39 is 0 Å². The Balaban J connectivity index is 1.27. The van der Waals surface area contributed by atoms with Gasteiger partial charge in [-0.1, -0.05) is 0 Å². The molecule has 1 aromatic carbocycles. The smallest absolute Gasteiger partial charge is 0.191 e. The molecule has 1 fully saturated rings. The van der Waals surface area contributed by atoms with Crippen molar-refractivity contribution in [3.05, 3.63) is 72.2 Å². The number of likely N-dealkylation sites (tertiary alicyclic amines) is 1. The number of nitrogens with zero attached hydrogens (tertiary/aromatic N) is 4. The molecule has 0 aliphatic carbocycles. The number of hydrogen-bond donors (Lipinski definition) is 2. The Labute approximate surface area is 182 Å². The van der Waals surface area contributed by atoms with Crippen LogP contribution in [0.25, 0.3) is 5.69 Å². The molecule has 0 saturated carbocycles. The summed E-state index contributed by atoms with van der Waals surface area (Å²) < 4.78 is 20.5. The van der Waals surface area contributed by atoms with Crippen LogP contribution in [0.3, 0.4) is 0 Å². The van der Waals surface area contributed by atoms with Gasteiger partial charge in [0.15, 0.2) is 5.96 Å². The Hall–Kier alpha value is -3.13. The molecule has 3 aromatic rings. The minimum atomic E-state index is -0.252. The van der Waals surface area contributed by atoms with E-state index in [1.54, 1.807) is 30.1 Å². The predicted molar refractivity (Wildman–Crippen MR) is 119 cm³/mol. The monoisotopic (exact) mass is 424 g/mol. The molecule has 1 atom stereocenters. The van der Waals surface area contributed by atoms with Gasteiger partial charge in [0.25, 0.3) is 0 Å². The molecule has 0 bridgehead atoms. The Morgan fingerprint density at radius 1 is 1.16 bits per heavy atom. The highest BCUT2D eigenvalue weighted by atomic mass is 19.1. The number of hydrogen-bond acceptors (Lipinski definition) is 4. The van der Waals surface area contributed by atoms with Crippen LogP contribution in [0.2, 0.25) is 0 Å². The highest BCUT2D eigenvalue weighted by Crippen LogP contribution is 2.24. The van der Waals surface area contributed by atoms with Crippen molar-refractivity contribution >= 4 is 5.96 Å². The lowest BCUT2D eigenvalue weighted by Crippen LogP contribution is -2.43. The molecule has 1 aliphatic rings. The number of rotatable bonds is 8. The molecule has 1 saturated heterocycles. The summed E-state index contributed by atoms with van der Waals surface area (Å²) in [4.78, 5) is 6.80. The topological polar surface area (TPSA) is 70.6 Å². The van der Waals surface area contributed by atoms with Crippen LogP contribution in [0.4, 0.5) is 4.39 Å². The summed E-state index contributed by atoms with van der Waals surface area (Å²) in [5.74, 6) is 1.49.